The average Bonchev–Trinajstić information content (AvgIpc) is 2.73. The molecule has 1 aliphatic carbocycles. The quantitative estimate of drug-likeness (QED) is 0.395. The molecule has 1 fully saturated rings. The molecule has 0 spiro atoms. The van der Waals surface area contributed by atoms with Gasteiger partial charge in [0.25, 0.3) is 5.56 Å². The third-order valence-electron chi connectivity index (χ3n) is 5.20. The summed E-state index contributed by atoms with van der Waals surface area (Å²) in [5.74, 6) is 0.872. The lowest BCUT2D eigenvalue weighted by Crippen LogP contribution is -2.32. The fraction of sp³-hybridized carbons (Fsp3) is 0.571. The molecule has 3 rings (SSSR count). The Bertz CT molecular complexity index is 846. The maximum atomic E-state index is 12.9. The summed E-state index contributed by atoms with van der Waals surface area (Å²) in [5.41, 5.74) is 0.604. The van der Waals surface area contributed by atoms with Gasteiger partial charge >= 0.3 is 0 Å². The first-order valence-electron chi connectivity index (χ1n) is 10.1. The van der Waals surface area contributed by atoms with E-state index in [2.05, 4.69) is 10.3 Å². The van der Waals surface area contributed by atoms with Crippen LogP contribution in [-0.4, -0.2) is 41.5 Å². The molecule has 0 unspecified atom stereocenters. The summed E-state index contributed by atoms with van der Waals surface area (Å²) in [6.07, 6.45) is 6.98. The van der Waals surface area contributed by atoms with Crippen molar-refractivity contribution in [2.24, 2.45) is 5.92 Å². The Labute approximate surface area is 170 Å². The molecular formula is C21H29N3O3S. The number of hydrogen-bond donors (Lipinski definition) is 1. The fourth-order valence-corrected chi connectivity index (χ4v) is 4.51. The fourth-order valence-electron chi connectivity index (χ4n) is 3.65. The topological polar surface area (TPSA) is 73.2 Å². The summed E-state index contributed by atoms with van der Waals surface area (Å²) < 4.78 is 6.78. The lowest BCUT2D eigenvalue weighted by molar-refractivity contribution is -0.118. The molecule has 2 aromatic rings. The molecule has 0 saturated heterocycles. The molecule has 1 heterocycles. The molecule has 0 atom stereocenters. The minimum absolute atomic E-state index is 0.00132. The number of nitrogens with zero attached hydrogens (tertiary/aromatic N) is 2. The normalized spacial score (nSPS) is 15.0. The predicted octanol–water partition coefficient (Wildman–Crippen LogP) is 3.22. The number of aromatic nitrogens is 2. The predicted molar refractivity (Wildman–Crippen MR) is 113 cm³/mol. The van der Waals surface area contributed by atoms with Gasteiger partial charge in [0.15, 0.2) is 5.16 Å². The Morgan fingerprint density at radius 3 is 2.86 bits per heavy atom. The summed E-state index contributed by atoms with van der Waals surface area (Å²) in [4.78, 5) is 29.8. The highest BCUT2D eigenvalue weighted by Crippen LogP contribution is 2.23. The number of ether oxygens (including phenoxy) is 1. The zero-order valence-corrected chi connectivity index (χ0v) is 17.3. The number of para-hydroxylation sites is 1. The van der Waals surface area contributed by atoms with Crippen molar-refractivity contribution >= 4 is 28.6 Å². The Morgan fingerprint density at radius 2 is 2.07 bits per heavy atom. The number of thioether (sulfide) groups is 1. The first kappa shape index (κ1) is 20.9. The average molecular weight is 404 g/mol. The van der Waals surface area contributed by atoms with Crippen molar-refractivity contribution in [3.63, 3.8) is 0 Å². The van der Waals surface area contributed by atoms with Crippen LogP contribution >= 0.6 is 11.8 Å². The molecule has 1 saturated carbocycles. The van der Waals surface area contributed by atoms with Crippen molar-refractivity contribution in [3.05, 3.63) is 34.6 Å². The van der Waals surface area contributed by atoms with E-state index in [1.165, 1.54) is 43.9 Å². The van der Waals surface area contributed by atoms with E-state index in [1.54, 1.807) is 17.7 Å². The van der Waals surface area contributed by atoms with Gasteiger partial charge in [-0.3, -0.25) is 14.2 Å². The van der Waals surface area contributed by atoms with Crippen molar-refractivity contribution in [3.8, 4) is 0 Å². The number of carbonyl (C=O) groups is 1. The summed E-state index contributed by atoms with van der Waals surface area (Å²) in [5, 5.41) is 4.24. The van der Waals surface area contributed by atoms with Crippen LogP contribution in [0, 0.1) is 5.92 Å². The zero-order valence-electron chi connectivity index (χ0n) is 16.5. The van der Waals surface area contributed by atoms with E-state index in [0.717, 1.165) is 13.0 Å². The van der Waals surface area contributed by atoms with Crippen LogP contribution < -0.4 is 10.9 Å². The van der Waals surface area contributed by atoms with Gasteiger partial charge in [-0.15, -0.1) is 0 Å². The largest absolute Gasteiger partial charge is 0.385 e. The third kappa shape index (κ3) is 5.58. The number of fused-ring (bicyclic) bond motifs is 1. The monoisotopic (exact) mass is 403 g/mol. The molecule has 152 valence electrons. The molecule has 0 radical (unpaired) electrons. The SMILES string of the molecule is COCCCn1c(SCC(=O)NCC2CCCCC2)nc2ccccc2c1=O. The Hall–Kier alpha value is -1.86. The zero-order chi connectivity index (χ0) is 19.8. The van der Waals surface area contributed by atoms with Crippen molar-refractivity contribution in [2.75, 3.05) is 26.0 Å². The van der Waals surface area contributed by atoms with Crippen LogP contribution in [0.3, 0.4) is 0 Å². The van der Waals surface area contributed by atoms with Crippen molar-refractivity contribution < 1.29 is 9.53 Å². The second-order valence-electron chi connectivity index (χ2n) is 7.31. The number of methoxy groups -OCH3 is 1. The Balaban J connectivity index is 1.67. The van der Waals surface area contributed by atoms with Crippen LogP contribution in [-0.2, 0) is 16.1 Å². The highest BCUT2D eigenvalue weighted by Gasteiger charge is 2.16. The van der Waals surface area contributed by atoms with E-state index in [1.807, 2.05) is 18.2 Å². The lowest BCUT2D eigenvalue weighted by atomic mass is 9.89. The van der Waals surface area contributed by atoms with Gasteiger partial charge in [-0.2, -0.15) is 0 Å². The van der Waals surface area contributed by atoms with Gasteiger partial charge in [0, 0.05) is 26.8 Å². The van der Waals surface area contributed by atoms with Gasteiger partial charge in [-0.1, -0.05) is 43.2 Å². The van der Waals surface area contributed by atoms with Gasteiger partial charge in [0.1, 0.15) is 0 Å². The van der Waals surface area contributed by atoms with Crippen LogP contribution in [0.5, 0.6) is 0 Å². The lowest BCUT2D eigenvalue weighted by Gasteiger charge is -2.21. The molecular weight excluding hydrogens is 374 g/mol. The number of rotatable bonds is 9. The minimum Gasteiger partial charge on any atom is -0.385 e. The van der Waals surface area contributed by atoms with E-state index in [9.17, 15) is 9.59 Å². The molecule has 0 bridgehead atoms. The van der Waals surface area contributed by atoms with Gasteiger partial charge in [0.2, 0.25) is 5.91 Å². The highest BCUT2D eigenvalue weighted by atomic mass is 32.2. The van der Waals surface area contributed by atoms with Crippen molar-refractivity contribution in [1.29, 1.82) is 0 Å². The van der Waals surface area contributed by atoms with Gasteiger partial charge in [-0.25, -0.2) is 4.98 Å². The molecule has 6 nitrogen and oxygen atoms in total. The molecule has 7 heteroatoms. The second-order valence-corrected chi connectivity index (χ2v) is 8.25. The molecule has 28 heavy (non-hydrogen) atoms. The third-order valence-corrected chi connectivity index (χ3v) is 6.18. The summed E-state index contributed by atoms with van der Waals surface area (Å²) in [6.45, 7) is 1.85. The van der Waals surface area contributed by atoms with E-state index < -0.39 is 0 Å². The molecule has 1 amide bonds. The van der Waals surface area contributed by atoms with Gasteiger partial charge < -0.3 is 10.1 Å². The molecule has 1 N–H and O–H groups in total. The van der Waals surface area contributed by atoms with E-state index in [-0.39, 0.29) is 17.2 Å². The smallest absolute Gasteiger partial charge is 0.262 e. The van der Waals surface area contributed by atoms with E-state index in [4.69, 9.17) is 4.74 Å². The molecule has 0 aliphatic heterocycles. The van der Waals surface area contributed by atoms with Crippen LogP contribution in [0.1, 0.15) is 38.5 Å². The maximum Gasteiger partial charge on any atom is 0.262 e. The number of amides is 1. The van der Waals surface area contributed by atoms with E-state index >= 15 is 0 Å². The number of carbonyl (C=O) groups excluding carboxylic acids is 1. The second kappa shape index (κ2) is 10.6. The first-order valence-corrected chi connectivity index (χ1v) is 11.1. The summed E-state index contributed by atoms with van der Waals surface area (Å²) in [7, 11) is 1.65. The Kier molecular flexibility index (Phi) is 7.91. The highest BCUT2D eigenvalue weighted by molar-refractivity contribution is 7.99. The summed E-state index contributed by atoms with van der Waals surface area (Å²) >= 11 is 1.33. The number of benzene rings is 1. The minimum atomic E-state index is -0.0631. The van der Waals surface area contributed by atoms with Crippen LogP contribution in [0.2, 0.25) is 0 Å². The first-order chi connectivity index (χ1) is 13.7. The number of hydrogen-bond acceptors (Lipinski definition) is 5. The summed E-state index contributed by atoms with van der Waals surface area (Å²) in [6, 6.07) is 7.35. The van der Waals surface area contributed by atoms with Crippen molar-refractivity contribution in [1.82, 2.24) is 14.9 Å². The molecule has 1 aliphatic rings. The van der Waals surface area contributed by atoms with Crippen molar-refractivity contribution in [2.45, 2.75) is 50.2 Å². The standard InChI is InChI=1S/C21H29N3O3S/c1-27-13-7-12-24-20(26)17-10-5-6-11-18(17)23-21(24)28-15-19(25)22-14-16-8-3-2-4-9-16/h5-6,10-11,16H,2-4,7-9,12-15H2,1H3,(H,22,25). The van der Waals surface area contributed by atoms with E-state index in [0.29, 0.717) is 35.1 Å². The van der Waals surface area contributed by atoms with Crippen LogP contribution in [0.4, 0.5) is 0 Å². The molecule has 1 aromatic carbocycles. The van der Waals surface area contributed by atoms with Gasteiger partial charge in [-0.05, 0) is 37.3 Å². The maximum absolute atomic E-state index is 12.9. The number of nitrogens with one attached hydrogen (secondary N) is 1. The Morgan fingerprint density at radius 1 is 1.29 bits per heavy atom. The van der Waals surface area contributed by atoms with Crippen LogP contribution in [0.25, 0.3) is 10.9 Å². The molecule has 1 aromatic heterocycles. The van der Waals surface area contributed by atoms with Gasteiger partial charge in [0.05, 0.1) is 16.7 Å². The van der Waals surface area contributed by atoms with Crippen LogP contribution in [0.15, 0.2) is 34.2 Å².